The van der Waals surface area contributed by atoms with E-state index in [1.807, 2.05) is 60.7 Å². The van der Waals surface area contributed by atoms with Crippen LogP contribution in [0.2, 0.25) is 0 Å². The van der Waals surface area contributed by atoms with E-state index in [1.54, 1.807) is 7.11 Å². The summed E-state index contributed by atoms with van der Waals surface area (Å²) in [6.07, 6.45) is 0. The van der Waals surface area contributed by atoms with Crippen molar-refractivity contribution in [2.75, 3.05) is 7.11 Å². The summed E-state index contributed by atoms with van der Waals surface area (Å²) in [5, 5.41) is 11.7. The Morgan fingerprint density at radius 2 is 1.76 bits per heavy atom. The van der Waals surface area contributed by atoms with Gasteiger partial charge in [-0.25, -0.2) is 0 Å². The van der Waals surface area contributed by atoms with Gasteiger partial charge in [-0.15, -0.1) is 0 Å². The minimum Gasteiger partial charge on any atom is -0.496 e. The third-order valence-electron chi connectivity index (χ3n) is 4.56. The lowest BCUT2D eigenvalue weighted by molar-refractivity contribution is 0.390. The summed E-state index contributed by atoms with van der Waals surface area (Å²) in [7, 11) is 1.62. The second-order valence-electron chi connectivity index (χ2n) is 5.87. The summed E-state index contributed by atoms with van der Waals surface area (Å²) in [4.78, 5) is 0. The van der Waals surface area contributed by atoms with Crippen molar-refractivity contribution in [3.8, 4) is 17.6 Å². The number of rotatable bonds is 2. The molecule has 0 amide bonds. The van der Waals surface area contributed by atoms with Gasteiger partial charge in [0.1, 0.15) is 23.1 Å². The third kappa shape index (κ3) is 2.29. The minimum atomic E-state index is -0.325. The van der Waals surface area contributed by atoms with Crippen LogP contribution in [-0.2, 0) is 0 Å². The third-order valence-corrected chi connectivity index (χ3v) is 4.56. The van der Waals surface area contributed by atoms with Crippen LogP contribution in [0.4, 0.5) is 0 Å². The number of nitriles is 1. The van der Waals surface area contributed by atoms with Crippen LogP contribution < -0.4 is 15.2 Å². The van der Waals surface area contributed by atoms with Crippen LogP contribution in [0.3, 0.4) is 0 Å². The van der Waals surface area contributed by atoms with E-state index in [2.05, 4.69) is 6.07 Å². The molecular weight excluding hydrogens is 312 g/mol. The predicted octanol–water partition coefficient (Wildman–Crippen LogP) is 4.07. The molecular formula is C21H16N2O2. The molecule has 2 N–H and O–H groups in total. The smallest absolute Gasteiger partial charge is 0.205 e. The van der Waals surface area contributed by atoms with Gasteiger partial charge in [-0.2, -0.15) is 5.26 Å². The quantitative estimate of drug-likeness (QED) is 0.770. The summed E-state index contributed by atoms with van der Waals surface area (Å²) >= 11 is 0. The van der Waals surface area contributed by atoms with E-state index in [4.69, 9.17) is 15.2 Å². The molecule has 0 spiro atoms. The van der Waals surface area contributed by atoms with Crippen LogP contribution in [0.1, 0.15) is 17.0 Å². The number of methoxy groups -OCH3 is 1. The monoisotopic (exact) mass is 328 g/mol. The Morgan fingerprint density at radius 1 is 1.00 bits per heavy atom. The summed E-state index contributed by atoms with van der Waals surface area (Å²) in [6, 6.07) is 21.9. The predicted molar refractivity (Wildman–Crippen MR) is 96.2 cm³/mol. The molecule has 0 bridgehead atoms. The Kier molecular flexibility index (Phi) is 3.55. The van der Waals surface area contributed by atoms with Gasteiger partial charge >= 0.3 is 0 Å². The van der Waals surface area contributed by atoms with E-state index in [1.165, 1.54) is 0 Å². The van der Waals surface area contributed by atoms with Gasteiger partial charge in [0, 0.05) is 16.5 Å². The molecule has 0 saturated carbocycles. The van der Waals surface area contributed by atoms with E-state index >= 15 is 0 Å². The van der Waals surface area contributed by atoms with E-state index in [0.717, 1.165) is 21.9 Å². The maximum absolute atomic E-state index is 9.69. The van der Waals surface area contributed by atoms with Crippen LogP contribution in [0, 0.1) is 11.3 Å². The highest BCUT2D eigenvalue weighted by molar-refractivity contribution is 5.91. The van der Waals surface area contributed by atoms with Gasteiger partial charge < -0.3 is 15.2 Å². The Labute approximate surface area is 145 Å². The Bertz CT molecular complexity index is 1050. The zero-order chi connectivity index (χ0) is 17.4. The molecule has 0 fully saturated rings. The van der Waals surface area contributed by atoms with Gasteiger partial charge in [0.15, 0.2) is 0 Å². The van der Waals surface area contributed by atoms with Crippen LogP contribution in [0.5, 0.6) is 11.5 Å². The molecule has 1 atom stereocenters. The summed E-state index contributed by atoms with van der Waals surface area (Å²) in [6.45, 7) is 0. The molecule has 0 saturated heterocycles. The van der Waals surface area contributed by atoms with Crippen LogP contribution in [0.25, 0.3) is 10.8 Å². The van der Waals surface area contributed by atoms with Crippen molar-refractivity contribution in [2.45, 2.75) is 5.92 Å². The SMILES string of the molecule is COc1ccccc1C1C(C#N)=C(N)Oc2c1ccc1ccccc21. The lowest BCUT2D eigenvalue weighted by atomic mass is 9.82. The largest absolute Gasteiger partial charge is 0.496 e. The van der Waals surface area contributed by atoms with Crippen molar-refractivity contribution in [3.63, 3.8) is 0 Å². The lowest BCUT2D eigenvalue weighted by Crippen LogP contribution is -2.21. The fraction of sp³-hybridized carbons (Fsp3) is 0.0952. The first-order valence-electron chi connectivity index (χ1n) is 7.96. The number of nitrogens with two attached hydrogens (primary N) is 1. The minimum absolute atomic E-state index is 0.141. The highest BCUT2D eigenvalue weighted by Gasteiger charge is 2.33. The van der Waals surface area contributed by atoms with E-state index in [9.17, 15) is 5.26 Å². The summed E-state index contributed by atoms with van der Waals surface area (Å²) in [5.41, 5.74) is 8.31. The number of fused-ring (bicyclic) bond motifs is 3. The van der Waals surface area contributed by atoms with Gasteiger partial charge in [-0.05, 0) is 11.5 Å². The van der Waals surface area contributed by atoms with Crippen LogP contribution >= 0.6 is 0 Å². The first-order valence-corrected chi connectivity index (χ1v) is 7.96. The highest BCUT2D eigenvalue weighted by Crippen LogP contribution is 2.47. The summed E-state index contributed by atoms with van der Waals surface area (Å²) < 4.78 is 11.4. The second kappa shape index (κ2) is 5.88. The fourth-order valence-electron chi connectivity index (χ4n) is 3.41. The first kappa shape index (κ1) is 15.1. The van der Waals surface area contributed by atoms with Crippen molar-refractivity contribution < 1.29 is 9.47 Å². The molecule has 1 heterocycles. The number of hydrogen-bond acceptors (Lipinski definition) is 4. The molecule has 4 nitrogen and oxygen atoms in total. The number of para-hydroxylation sites is 1. The molecule has 4 heteroatoms. The molecule has 1 aliphatic heterocycles. The average Bonchev–Trinajstić information content (AvgIpc) is 2.66. The molecule has 3 aromatic rings. The van der Waals surface area contributed by atoms with Crippen LogP contribution in [-0.4, -0.2) is 7.11 Å². The number of ether oxygens (including phenoxy) is 2. The molecule has 3 aromatic carbocycles. The number of hydrogen-bond donors (Lipinski definition) is 1. The molecule has 122 valence electrons. The molecule has 4 rings (SSSR count). The average molecular weight is 328 g/mol. The Hall–Kier alpha value is -3.45. The molecule has 1 aliphatic rings. The van der Waals surface area contributed by atoms with Crippen molar-refractivity contribution in [2.24, 2.45) is 5.73 Å². The van der Waals surface area contributed by atoms with E-state index < -0.39 is 0 Å². The highest BCUT2D eigenvalue weighted by atomic mass is 16.5. The maximum Gasteiger partial charge on any atom is 0.205 e. The number of benzene rings is 3. The lowest BCUT2D eigenvalue weighted by Gasteiger charge is -2.28. The van der Waals surface area contributed by atoms with Crippen molar-refractivity contribution >= 4 is 10.8 Å². The van der Waals surface area contributed by atoms with Crippen molar-refractivity contribution in [3.05, 3.63) is 83.2 Å². The van der Waals surface area contributed by atoms with Gasteiger partial charge in [-0.3, -0.25) is 0 Å². The van der Waals surface area contributed by atoms with Crippen LogP contribution in [0.15, 0.2) is 72.1 Å². The zero-order valence-electron chi connectivity index (χ0n) is 13.7. The van der Waals surface area contributed by atoms with Gasteiger partial charge in [0.05, 0.1) is 13.0 Å². The first-order chi connectivity index (χ1) is 12.2. The van der Waals surface area contributed by atoms with Gasteiger partial charge in [0.25, 0.3) is 0 Å². The zero-order valence-corrected chi connectivity index (χ0v) is 13.7. The van der Waals surface area contributed by atoms with E-state index in [0.29, 0.717) is 17.1 Å². The topological polar surface area (TPSA) is 68.3 Å². The second-order valence-corrected chi connectivity index (χ2v) is 5.87. The molecule has 0 aliphatic carbocycles. The Balaban J connectivity index is 2.04. The van der Waals surface area contributed by atoms with E-state index in [-0.39, 0.29) is 11.8 Å². The Morgan fingerprint density at radius 3 is 2.56 bits per heavy atom. The number of nitrogens with zero attached hydrogens (tertiary/aromatic N) is 1. The molecule has 0 aromatic heterocycles. The standard InChI is InChI=1S/C21H16N2O2/c1-24-18-9-5-4-8-15(18)19-16-11-10-13-6-2-3-7-14(13)20(16)25-21(23)17(19)12-22/h2-11,19H,23H2,1H3. The van der Waals surface area contributed by atoms with Gasteiger partial charge in [0.2, 0.25) is 5.88 Å². The molecule has 25 heavy (non-hydrogen) atoms. The maximum atomic E-state index is 9.69. The van der Waals surface area contributed by atoms with Gasteiger partial charge in [-0.1, -0.05) is 54.6 Å². The van der Waals surface area contributed by atoms with Crippen molar-refractivity contribution in [1.29, 1.82) is 5.26 Å². The normalized spacial score (nSPS) is 16.1. The van der Waals surface area contributed by atoms with Crippen molar-refractivity contribution in [1.82, 2.24) is 0 Å². The fourth-order valence-corrected chi connectivity index (χ4v) is 3.41. The molecule has 0 radical (unpaired) electrons. The summed E-state index contributed by atoms with van der Waals surface area (Å²) in [5.74, 6) is 1.23. The number of allylic oxidation sites excluding steroid dienone is 1. The molecule has 1 unspecified atom stereocenters.